The minimum atomic E-state index is -0.143. The lowest BCUT2D eigenvalue weighted by Gasteiger charge is -2.30. The van der Waals surface area contributed by atoms with Crippen LogP contribution in [0.3, 0.4) is 0 Å². The van der Waals surface area contributed by atoms with E-state index in [0.717, 1.165) is 47.8 Å². The summed E-state index contributed by atoms with van der Waals surface area (Å²) in [4.78, 5) is 19.5. The van der Waals surface area contributed by atoms with Crippen LogP contribution < -0.4 is 10.2 Å². The minimum Gasteiger partial charge on any atom is -0.362 e. The second-order valence-electron chi connectivity index (χ2n) is 6.90. The average Bonchev–Trinajstić information content (AvgIpc) is 3.08. The number of aryl methyl sites for hydroxylation is 3. The molecule has 0 aliphatic carbocycles. The maximum absolute atomic E-state index is 12.5. The summed E-state index contributed by atoms with van der Waals surface area (Å²) < 4.78 is 5.37. The molecular weight excluding hydrogens is 340 g/mol. The standard InChI is InChI=1S/C21H22N4O2/c1-14-11-19-18(9-6-10-25(19)13-17-12-15(2)24-27-17)22-20(14)23-21(26)16-7-4-3-5-8-16/h3-5,7-8,11-12H,6,9-10,13H2,1-2H3,(H,22,23,26). The van der Waals surface area contributed by atoms with Gasteiger partial charge in [0.2, 0.25) is 0 Å². The smallest absolute Gasteiger partial charge is 0.256 e. The SMILES string of the molecule is Cc1cc(CN2CCCc3nc(NC(=O)c4ccccc4)c(C)cc32)on1. The van der Waals surface area contributed by atoms with Gasteiger partial charge < -0.3 is 14.7 Å². The zero-order valence-electron chi connectivity index (χ0n) is 15.5. The highest BCUT2D eigenvalue weighted by Gasteiger charge is 2.22. The summed E-state index contributed by atoms with van der Waals surface area (Å²) in [6.07, 6.45) is 1.91. The Balaban J connectivity index is 1.57. The number of nitrogens with one attached hydrogen (secondary N) is 1. The Morgan fingerprint density at radius 1 is 1.22 bits per heavy atom. The summed E-state index contributed by atoms with van der Waals surface area (Å²) in [6, 6.07) is 13.3. The monoisotopic (exact) mass is 362 g/mol. The summed E-state index contributed by atoms with van der Waals surface area (Å²) in [5, 5.41) is 6.91. The fraction of sp³-hybridized carbons (Fsp3) is 0.286. The van der Waals surface area contributed by atoms with Gasteiger partial charge in [0, 0.05) is 18.2 Å². The number of amides is 1. The van der Waals surface area contributed by atoms with Crippen LogP contribution in [0.15, 0.2) is 47.0 Å². The molecule has 27 heavy (non-hydrogen) atoms. The first kappa shape index (κ1) is 17.3. The van der Waals surface area contributed by atoms with Gasteiger partial charge in [0.05, 0.1) is 23.6 Å². The molecule has 3 heterocycles. The maximum atomic E-state index is 12.5. The van der Waals surface area contributed by atoms with E-state index in [4.69, 9.17) is 9.51 Å². The summed E-state index contributed by atoms with van der Waals surface area (Å²) in [6.45, 7) is 5.51. The van der Waals surface area contributed by atoms with Gasteiger partial charge in [-0.05, 0) is 50.5 Å². The van der Waals surface area contributed by atoms with Crippen LogP contribution in [-0.4, -0.2) is 22.6 Å². The van der Waals surface area contributed by atoms with Gasteiger partial charge in [-0.3, -0.25) is 4.79 Å². The van der Waals surface area contributed by atoms with Gasteiger partial charge in [-0.25, -0.2) is 4.98 Å². The Hall–Kier alpha value is -3.15. The number of nitrogens with zero attached hydrogens (tertiary/aromatic N) is 3. The summed E-state index contributed by atoms with van der Waals surface area (Å²) in [5.41, 5.74) is 4.56. The molecule has 0 unspecified atom stereocenters. The third-order valence-corrected chi connectivity index (χ3v) is 4.74. The lowest BCUT2D eigenvalue weighted by Crippen LogP contribution is -2.29. The number of aromatic nitrogens is 2. The van der Waals surface area contributed by atoms with Gasteiger partial charge in [0.15, 0.2) is 5.76 Å². The van der Waals surface area contributed by atoms with Crippen molar-refractivity contribution in [3.05, 3.63) is 70.7 Å². The van der Waals surface area contributed by atoms with E-state index in [1.54, 1.807) is 12.1 Å². The van der Waals surface area contributed by atoms with E-state index >= 15 is 0 Å². The van der Waals surface area contributed by atoms with Crippen molar-refractivity contribution in [1.29, 1.82) is 0 Å². The van der Waals surface area contributed by atoms with Crippen molar-refractivity contribution in [2.45, 2.75) is 33.2 Å². The van der Waals surface area contributed by atoms with Gasteiger partial charge in [-0.1, -0.05) is 23.4 Å². The summed E-state index contributed by atoms with van der Waals surface area (Å²) in [7, 11) is 0. The molecule has 6 heteroatoms. The Kier molecular flexibility index (Phi) is 4.62. The fourth-order valence-electron chi connectivity index (χ4n) is 3.39. The molecule has 1 aliphatic heterocycles. The quantitative estimate of drug-likeness (QED) is 0.762. The number of pyridine rings is 1. The van der Waals surface area contributed by atoms with Crippen molar-refractivity contribution in [3.63, 3.8) is 0 Å². The van der Waals surface area contributed by atoms with Crippen LogP contribution in [0.5, 0.6) is 0 Å². The van der Waals surface area contributed by atoms with E-state index in [1.807, 2.05) is 38.1 Å². The van der Waals surface area contributed by atoms with Crippen LogP contribution in [0.1, 0.15) is 39.5 Å². The molecular formula is C21H22N4O2. The third kappa shape index (κ3) is 3.69. The predicted molar refractivity (Wildman–Crippen MR) is 104 cm³/mol. The zero-order valence-corrected chi connectivity index (χ0v) is 15.5. The molecule has 0 saturated heterocycles. The second kappa shape index (κ2) is 7.23. The van der Waals surface area contributed by atoms with Crippen molar-refractivity contribution in [2.24, 2.45) is 0 Å². The van der Waals surface area contributed by atoms with Crippen molar-refractivity contribution in [3.8, 4) is 0 Å². The Labute approximate surface area is 158 Å². The highest BCUT2D eigenvalue weighted by molar-refractivity contribution is 6.04. The van der Waals surface area contributed by atoms with Crippen molar-refractivity contribution < 1.29 is 9.32 Å². The predicted octanol–water partition coefficient (Wildman–Crippen LogP) is 3.89. The van der Waals surface area contributed by atoms with Crippen molar-refractivity contribution in [2.75, 3.05) is 16.8 Å². The number of rotatable bonds is 4. The van der Waals surface area contributed by atoms with Crippen LogP contribution in [-0.2, 0) is 13.0 Å². The molecule has 3 aromatic rings. The molecule has 0 fully saturated rings. The molecule has 1 amide bonds. The number of anilines is 2. The molecule has 0 atom stereocenters. The molecule has 4 rings (SSSR count). The first-order valence-corrected chi connectivity index (χ1v) is 9.14. The Morgan fingerprint density at radius 2 is 2.04 bits per heavy atom. The van der Waals surface area contributed by atoms with Crippen LogP contribution >= 0.6 is 0 Å². The van der Waals surface area contributed by atoms with Crippen molar-refractivity contribution in [1.82, 2.24) is 10.1 Å². The highest BCUT2D eigenvalue weighted by atomic mass is 16.5. The van der Waals surface area contributed by atoms with E-state index < -0.39 is 0 Å². The summed E-state index contributed by atoms with van der Waals surface area (Å²) in [5.74, 6) is 1.33. The average molecular weight is 362 g/mol. The van der Waals surface area contributed by atoms with Crippen LogP contribution in [0.25, 0.3) is 0 Å². The number of hydrogen-bond donors (Lipinski definition) is 1. The lowest BCUT2D eigenvalue weighted by molar-refractivity contribution is 0.102. The first-order chi connectivity index (χ1) is 13.1. The summed E-state index contributed by atoms with van der Waals surface area (Å²) >= 11 is 0. The van der Waals surface area contributed by atoms with Gasteiger partial charge in [-0.15, -0.1) is 0 Å². The molecule has 1 N–H and O–H groups in total. The molecule has 0 radical (unpaired) electrons. The van der Waals surface area contributed by atoms with Crippen molar-refractivity contribution >= 4 is 17.4 Å². The first-order valence-electron chi connectivity index (χ1n) is 9.14. The topological polar surface area (TPSA) is 71.3 Å². The number of fused-ring (bicyclic) bond motifs is 1. The van der Waals surface area contributed by atoms with E-state index in [2.05, 4.69) is 21.4 Å². The number of carbonyl (C=O) groups excluding carboxylic acids is 1. The van der Waals surface area contributed by atoms with E-state index in [0.29, 0.717) is 17.9 Å². The molecule has 0 spiro atoms. The van der Waals surface area contributed by atoms with Crippen LogP contribution in [0.4, 0.5) is 11.5 Å². The molecule has 0 bridgehead atoms. The normalized spacial score (nSPS) is 13.3. The lowest BCUT2D eigenvalue weighted by atomic mass is 10.1. The Bertz CT molecular complexity index is 966. The largest absolute Gasteiger partial charge is 0.362 e. The molecule has 2 aromatic heterocycles. The molecule has 138 valence electrons. The fourth-order valence-corrected chi connectivity index (χ4v) is 3.39. The molecule has 0 saturated carbocycles. The molecule has 6 nitrogen and oxygen atoms in total. The van der Waals surface area contributed by atoms with Gasteiger partial charge >= 0.3 is 0 Å². The molecule has 1 aliphatic rings. The third-order valence-electron chi connectivity index (χ3n) is 4.74. The maximum Gasteiger partial charge on any atom is 0.256 e. The van der Waals surface area contributed by atoms with Crippen LogP contribution in [0, 0.1) is 13.8 Å². The molecule has 1 aromatic carbocycles. The Morgan fingerprint density at radius 3 is 2.78 bits per heavy atom. The number of benzene rings is 1. The van der Waals surface area contributed by atoms with E-state index in [1.165, 1.54) is 0 Å². The van der Waals surface area contributed by atoms with Crippen LogP contribution in [0.2, 0.25) is 0 Å². The minimum absolute atomic E-state index is 0.143. The zero-order chi connectivity index (χ0) is 18.8. The van der Waals surface area contributed by atoms with Gasteiger partial charge in [-0.2, -0.15) is 0 Å². The second-order valence-corrected chi connectivity index (χ2v) is 6.90. The van der Waals surface area contributed by atoms with Gasteiger partial charge in [0.25, 0.3) is 5.91 Å². The number of carbonyl (C=O) groups is 1. The van der Waals surface area contributed by atoms with Gasteiger partial charge in [0.1, 0.15) is 5.82 Å². The highest BCUT2D eigenvalue weighted by Crippen LogP contribution is 2.31. The van der Waals surface area contributed by atoms with E-state index in [9.17, 15) is 4.79 Å². The number of hydrogen-bond acceptors (Lipinski definition) is 5. The van der Waals surface area contributed by atoms with E-state index in [-0.39, 0.29) is 5.91 Å².